The largest absolute Gasteiger partial charge is 0.329 e. The van der Waals surface area contributed by atoms with Gasteiger partial charge in [0.2, 0.25) is 0 Å². The minimum absolute atomic E-state index is 0.343. The van der Waals surface area contributed by atoms with Crippen LogP contribution in [0.25, 0.3) is 11.2 Å². The average Bonchev–Trinajstić information content (AvgIpc) is 2.89. The third kappa shape index (κ3) is 4.07. The van der Waals surface area contributed by atoms with Crippen molar-refractivity contribution in [2.24, 2.45) is 7.05 Å². The molecule has 6 nitrogen and oxygen atoms in total. The molecule has 0 saturated carbocycles. The molecule has 0 spiro atoms. The number of fused-ring (bicyclic) bond motifs is 1. The molecule has 0 bridgehead atoms. The van der Waals surface area contributed by atoms with Crippen LogP contribution in [0.4, 0.5) is 0 Å². The van der Waals surface area contributed by atoms with Gasteiger partial charge in [-0.25, -0.2) is 9.78 Å². The van der Waals surface area contributed by atoms with Gasteiger partial charge in [0.1, 0.15) is 0 Å². The predicted molar refractivity (Wildman–Crippen MR) is 95.4 cm³/mol. The number of aromatic amines is 1. The first kappa shape index (κ1) is 17.8. The van der Waals surface area contributed by atoms with Gasteiger partial charge in [-0.3, -0.25) is 14.3 Å². The zero-order valence-corrected chi connectivity index (χ0v) is 15.0. The summed E-state index contributed by atoms with van der Waals surface area (Å²) in [6.07, 6.45) is 6.86. The first-order chi connectivity index (χ1) is 11.1. The van der Waals surface area contributed by atoms with E-state index in [1.807, 2.05) is 4.57 Å². The van der Waals surface area contributed by atoms with E-state index >= 15 is 0 Å². The first-order valence-electron chi connectivity index (χ1n) is 8.42. The maximum absolute atomic E-state index is 12.2. The third-order valence-corrected chi connectivity index (χ3v) is 5.00. The number of unbranched alkanes of at least 4 members (excludes halogenated alkanes) is 4. The smallest absolute Gasteiger partial charge is 0.313 e. The normalized spacial score (nSPS) is 11.4. The lowest BCUT2D eigenvalue weighted by atomic mass is 10.2. The van der Waals surface area contributed by atoms with E-state index in [2.05, 4.69) is 23.8 Å². The Morgan fingerprint density at radius 3 is 2.52 bits per heavy atom. The second-order valence-electron chi connectivity index (χ2n) is 5.80. The van der Waals surface area contributed by atoms with Crippen molar-refractivity contribution in [3.05, 3.63) is 20.8 Å². The summed E-state index contributed by atoms with van der Waals surface area (Å²) in [5.41, 5.74) is 0.231. The van der Waals surface area contributed by atoms with Crippen LogP contribution >= 0.6 is 11.8 Å². The minimum Gasteiger partial charge on any atom is -0.313 e. The van der Waals surface area contributed by atoms with E-state index in [4.69, 9.17) is 0 Å². The highest BCUT2D eigenvalue weighted by Crippen LogP contribution is 2.23. The Morgan fingerprint density at radius 1 is 1.09 bits per heavy atom. The molecule has 23 heavy (non-hydrogen) atoms. The maximum Gasteiger partial charge on any atom is 0.329 e. The SMILES string of the molecule is CCCCCCSc1nc2c(c(=O)[nH]c(=O)n2C)n1CCCC. The molecule has 0 saturated heterocycles. The van der Waals surface area contributed by atoms with Crippen LogP contribution < -0.4 is 11.2 Å². The van der Waals surface area contributed by atoms with Gasteiger partial charge >= 0.3 is 5.69 Å². The summed E-state index contributed by atoms with van der Waals surface area (Å²) < 4.78 is 3.39. The summed E-state index contributed by atoms with van der Waals surface area (Å²) >= 11 is 1.68. The van der Waals surface area contributed by atoms with Crippen molar-refractivity contribution in [2.45, 2.75) is 64.1 Å². The molecule has 0 fully saturated rings. The quantitative estimate of drug-likeness (QED) is 0.563. The van der Waals surface area contributed by atoms with Crippen LogP contribution in [0.3, 0.4) is 0 Å². The van der Waals surface area contributed by atoms with Crippen molar-refractivity contribution in [3.8, 4) is 0 Å². The predicted octanol–water partition coefficient (Wildman–Crippen LogP) is 2.90. The van der Waals surface area contributed by atoms with Crippen molar-refractivity contribution < 1.29 is 0 Å². The van der Waals surface area contributed by atoms with Crippen LogP contribution in [0.2, 0.25) is 0 Å². The van der Waals surface area contributed by atoms with E-state index < -0.39 is 5.69 Å². The van der Waals surface area contributed by atoms with Gasteiger partial charge in [0.05, 0.1) is 0 Å². The second-order valence-corrected chi connectivity index (χ2v) is 6.86. The minimum atomic E-state index is -0.415. The number of H-pyrrole nitrogens is 1. The number of nitrogens with zero attached hydrogens (tertiary/aromatic N) is 3. The molecule has 2 aromatic rings. The van der Waals surface area contributed by atoms with Gasteiger partial charge in [-0.2, -0.15) is 0 Å². The molecule has 0 amide bonds. The van der Waals surface area contributed by atoms with Crippen LogP contribution in [0, 0.1) is 0 Å². The highest BCUT2D eigenvalue weighted by molar-refractivity contribution is 7.99. The van der Waals surface area contributed by atoms with Crippen molar-refractivity contribution in [3.63, 3.8) is 0 Å². The lowest BCUT2D eigenvalue weighted by Gasteiger charge is -2.07. The Morgan fingerprint density at radius 2 is 1.83 bits per heavy atom. The molecule has 2 aromatic heterocycles. The van der Waals surface area contributed by atoms with Gasteiger partial charge in [0.25, 0.3) is 5.56 Å². The number of hydrogen-bond donors (Lipinski definition) is 1. The Hall–Kier alpha value is -1.50. The van der Waals surface area contributed by atoms with Crippen LogP contribution in [-0.2, 0) is 13.6 Å². The van der Waals surface area contributed by atoms with Crippen LogP contribution in [0.5, 0.6) is 0 Å². The molecule has 0 aliphatic heterocycles. The number of aromatic nitrogens is 4. The van der Waals surface area contributed by atoms with Gasteiger partial charge < -0.3 is 4.57 Å². The maximum atomic E-state index is 12.2. The van der Waals surface area contributed by atoms with E-state index in [-0.39, 0.29) is 5.56 Å². The zero-order valence-electron chi connectivity index (χ0n) is 14.2. The number of hydrogen-bond acceptors (Lipinski definition) is 4. The molecule has 2 heterocycles. The molecule has 0 radical (unpaired) electrons. The van der Waals surface area contributed by atoms with E-state index in [1.54, 1.807) is 18.8 Å². The molecular formula is C16H26N4O2S. The van der Waals surface area contributed by atoms with Crippen LogP contribution in [-0.4, -0.2) is 24.9 Å². The highest BCUT2D eigenvalue weighted by Gasteiger charge is 2.17. The molecule has 0 aromatic carbocycles. The fourth-order valence-corrected chi connectivity index (χ4v) is 3.56. The Bertz CT molecular complexity index is 760. The highest BCUT2D eigenvalue weighted by atomic mass is 32.2. The molecule has 1 N–H and O–H groups in total. The van der Waals surface area contributed by atoms with E-state index in [1.165, 1.54) is 23.8 Å². The molecule has 0 aliphatic rings. The van der Waals surface area contributed by atoms with Gasteiger partial charge in [-0.05, 0) is 12.8 Å². The standard InChI is InChI=1S/C16H26N4O2S/c1-4-6-8-9-11-23-16-17-13-12(20(16)10-7-5-2)14(21)18-15(22)19(13)3/h4-11H2,1-3H3,(H,18,21,22). The van der Waals surface area contributed by atoms with Crippen LogP contribution in [0.1, 0.15) is 52.4 Å². The molecule has 0 unspecified atom stereocenters. The molecule has 0 atom stereocenters. The number of aryl methyl sites for hydroxylation is 2. The molecule has 128 valence electrons. The lowest BCUT2D eigenvalue weighted by molar-refractivity contribution is 0.599. The molecule has 0 aliphatic carbocycles. The van der Waals surface area contributed by atoms with Gasteiger partial charge in [0.15, 0.2) is 16.3 Å². The third-order valence-electron chi connectivity index (χ3n) is 3.94. The van der Waals surface area contributed by atoms with Crippen molar-refractivity contribution in [1.29, 1.82) is 0 Å². The van der Waals surface area contributed by atoms with Gasteiger partial charge in [0, 0.05) is 19.3 Å². The number of thioether (sulfide) groups is 1. The van der Waals surface area contributed by atoms with Crippen molar-refractivity contribution in [1.82, 2.24) is 19.1 Å². The topological polar surface area (TPSA) is 72.7 Å². The van der Waals surface area contributed by atoms with Gasteiger partial charge in [-0.15, -0.1) is 0 Å². The van der Waals surface area contributed by atoms with E-state index in [9.17, 15) is 9.59 Å². The summed E-state index contributed by atoms with van der Waals surface area (Å²) in [6.45, 7) is 5.08. The molecule has 2 rings (SSSR count). The monoisotopic (exact) mass is 338 g/mol. The lowest BCUT2D eigenvalue weighted by Crippen LogP contribution is -2.29. The van der Waals surface area contributed by atoms with Crippen molar-refractivity contribution >= 4 is 22.9 Å². The van der Waals surface area contributed by atoms with E-state index in [0.717, 1.165) is 36.7 Å². The molecular weight excluding hydrogens is 312 g/mol. The van der Waals surface area contributed by atoms with Gasteiger partial charge in [-0.1, -0.05) is 51.3 Å². The van der Waals surface area contributed by atoms with Crippen LogP contribution in [0.15, 0.2) is 14.7 Å². The summed E-state index contributed by atoms with van der Waals surface area (Å²) in [5, 5.41) is 0.844. The van der Waals surface area contributed by atoms with E-state index in [0.29, 0.717) is 11.2 Å². The summed E-state index contributed by atoms with van der Waals surface area (Å²) in [6, 6.07) is 0. The second kappa shape index (κ2) is 8.38. The summed E-state index contributed by atoms with van der Waals surface area (Å²) in [5.74, 6) is 0.987. The number of nitrogens with one attached hydrogen (secondary N) is 1. The fraction of sp³-hybridized carbons (Fsp3) is 0.688. The first-order valence-corrected chi connectivity index (χ1v) is 9.41. The Labute approximate surface area is 140 Å². The summed E-state index contributed by atoms with van der Waals surface area (Å²) in [4.78, 5) is 30.9. The fourth-order valence-electron chi connectivity index (χ4n) is 2.54. The zero-order chi connectivity index (χ0) is 16.8. The summed E-state index contributed by atoms with van der Waals surface area (Å²) in [7, 11) is 1.65. The Kier molecular flexibility index (Phi) is 6.50. The Balaban J connectivity index is 2.34. The molecule has 7 heteroatoms. The number of imidazole rings is 1. The number of rotatable bonds is 9. The van der Waals surface area contributed by atoms with Crippen molar-refractivity contribution in [2.75, 3.05) is 5.75 Å². The average molecular weight is 338 g/mol.